The fourth-order valence-corrected chi connectivity index (χ4v) is 1.04. The molecule has 0 bridgehead atoms. The highest BCUT2D eigenvalue weighted by molar-refractivity contribution is 5.90. The average molecular weight is 256 g/mol. The van der Waals surface area contributed by atoms with Crippen molar-refractivity contribution in [2.75, 3.05) is 7.11 Å². The molecule has 0 saturated heterocycles. The number of hydrogen-bond donors (Lipinski definition) is 0. The number of hydrogen-bond acceptors (Lipinski definition) is 3. The maximum atomic E-state index is 13.1. The summed E-state index contributed by atoms with van der Waals surface area (Å²) in [5, 5.41) is 0. The van der Waals surface area contributed by atoms with E-state index in [-0.39, 0.29) is 12.1 Å². The molecule has 0 aromatic heterocycles. The molecule has 0 spiro atoms. The van der Waals surface area contributed by atoms with E-state index in [9.17, 15) is 26.7 Å². The first-order chi connectivity index (χ1) is 7.74. The van der Waals surface area contributed by atoms with Crippen molar-refractivity contribution in [1.29, 1.82) is 0 Å². The molecule has 3 nitrogen and oxygen atoms in total. The second-order valence-corrected chi connectivity index (χ2v) is 2.80. The minimum atomic E-state index is -5.08. The van der Waals surface area contributed by atoms with Gasteiger partial charge in [-0.15, -0.1) is 13.2 Å². The standard InChI is InChI=1S/C9H5F5O3/c1-16-8(15)7-5(10)2-4(3-6(7)11)17-9(12,13)14/h2-3H,1H3. The van der Waals surface area contributed by atoms with Crippen LogP contribution in [0.1, 0.15) is 10.4 Å². The number of methoxy groups -OCH3 is 1. The Morgan fingerprint density at radius 3 is 2.00 bits per heavy atom. The Bertz CT molecular complexity index is 418. The number of ether oxygens (including phenoxy) is 2. The molecule has 0 aliphatic carbocycles. The van der Waals surface area contributed by atoms with Gasteiger partial charge in [0, 0.05) is 12.1 Å². The molecule has 17 heavy (non-hydrogen) atoms. The second-order valence-electron chi connectivity index (χ2n) is 2.80. The van der Waals surface area contributed by atoms with E-state index in [1.165, 1.54) is 0 Å². The van der Waals surface area contributed by atoms with Gasteiger partial charge in [-0.2, -0.15) is 0 Å². The fraction of sp³-hybridized carbons (Fsp3) is 0.222. The third-order valence-electron chi connectivity index (χ3n) is 1.64. The number of halogens is 5. The van der Waals surface area contributed by atoms with Crippen molar-refractivity contribution in [3.05, 3.63) is 29.3 Å². The van der Waals surface area contributed by atoms with Gasteiger partial charge in [0.2, 0.25) is 0 Å². The van der Waals surface area contributed by atoms with Crippen LogP contribution < -0.4 is 4.74 Å². The van der Waals surface area contributed by atoms with Gasteiger partial charge in [0.05, 0.1) is 7.11 Å². The lowest BCUT2D eigenvalue weighted by molar-refractivity contribution is -0.274. The monoisotopic (exact) mass is 256 g/mol. The zero-order valence-corrected chi connectivity index (χ0v) is 8.27. The number of carbonyl (C=O) groups is 1. The maximum Gasteiger partial charge on any atom is 0.573 e. The lowest BCUT2D eigenvalue weighted by atomic mass is 10.2. The lowest BCUT2D eigenvalue weighted by Gasteiger charge is -2.10. The summed E-state index contributed by atoms with van der Waals surface area (Å²) in [4.78, 5) is 10.9. The minimum absolute atomic E-state index is 0.239. The van der Waals surface area contributed by atoms with Crippen LogP contribution in [0.2, 0.25) is 0 Å². The van der Waals surface area contributed by atoms with Crippen molar-refractivity contribution in [2.24, 2.45) is 0 Å². The first kappa shape index (κ1) is 13.2. The van der Waals surface area contributed by atoms with Crippen LogP contribution in [0.25, 0.3) is 0 Å². The van der Waals surface area contributed by atoms with Crippen LogP contribution in [0.4, 0.5) is 22.0 Å². The SMILES string of the molecule is COC(=O)c1c(F)cc(OC(F)(F)F)cc1F. The zero-order chi connectivity index (χ0) is 13.2. The van der Waals surface area contributed by atoms with E-state index < -0.39 is 35.3 Å². The highest BCUT2D eigenvalue weighted by atomic mass is 19.4. The molecule has 0 unspecified atom stereocenters. The number of alkyl halides is 3. The largest absolute Gasteiger partial charge is 0.573 e. The summed E-state index contributed by atoms with van der Waals surface area (Å²) in [5.74, 6) is -5.44. The summed E-state index contributed by atoms with van der Waals surface area (Å²) in [5.41, 5.74) is -1.08. The van der Waals surface area contributed by atoms with E-state index in [2.05, 4.69) is 9.47 Å². The number of benzene rings is 1. The predicted molar refractivity (Wildman–Crippen MR) is 44.4 cm³/mol. The normalized spacial score (nSPS) is 11.2. The molecule has 0 amide bonds. The van der Waals surface area contributed by atoms with Crippen molar-refractivity contribution < 1.29 is 36.2 Å². The smallest absolute Gasteiger partial charge is 0.465 e. The van der Waals surface area contributed by atoms with Crippen LogP contribution in [0.5, 0.6) is 5.75 Å². The Kier molecular flexibility index (Phi) is 3.54. The third kappa shape index (κ3) is 3.30. The van der Waals surface area contributed by atoms with E-state index in [1.54, 1.807) is 0 Å². The molecule has 0 saturated carbocycles. The van der Waals surface area contributed by atoms with Gasteiger partial charge >= 0.3 is 12.3 Å². The summed E-state index contributed by atoms with van der Waals surface area (Å²) in [6.45, 7) is 0. The molecular formula is C9H5F5O3. The van der Waals surface area contributed by atoms with Gasteiger partial charge in [-0.05, 0) is 0 Å². The van der Waals surface area contributed by atoms with Gasteiger partial charge < -0.3 is 9.47 Å². The first-order valence-electron chi connectivity index (χ1n) is 4.07. The molecule has 0 N–H and O–H groups in total. The molecular weight excluding hydrogens is 251 g/mol. The van der Waals surface area contributed by atoms with Crippen molar-refractivity contribution in [2.45, 2.75) is 6.36 Å². The highest BCUT2D eigenvalue weighted by Gasteiger charge is 2.32. The van der Waals surface area contributed by atoms with Crippen molar-refractivity contribution in [1.82, 2.24) is 0 Å². The zero-order valence-electron chi connectivity index (χ0n) is 8.27. The molecule has 1 rings (SSSR count). The maximum absolute atomic E-state index is 13.1. The van der Waals surface area contributed by atoms with Crippen LogP contribution in [-0.4, -0.2) is 19.4 Å². The third-order valence-corrected chi connectivity index (χ3v) is 1.64. The molecule has 0 aliphatic heterocycles. The Hall–Kier alpha value is -1.86. The topological polar surface area (TPSA) is 35.5 Å². The van der Waals surface area contributed by atoms with Crippen LogP contribution in [-0.2, 0) is 4.74 Å². The van der Waals surface area contributed by atoms with Gasteiger partial charge in [0.1, 0.15) is 22.9 Å². The molecule has 94 valence electrons. The summed E-state index contributed by atoms with van der Waals surface area (Å²) >= 11 is 0. The van der Waals surface area contributed by atoms with E-state index >= 15 is 0 Å². The van der Waals surface area contributed by atoms with Gasteiger partial charge in [-0.1, -0.05) is 0 Å². The van der Waals surface area contributed by atoms with Gasteiger partial charge in [-0.3, -0.25) is 0 Å². The van der Waals surface area contributed by atoms with Gasteiger partial charge in [-0.25, -0.2) is 13.6 Å². The molecule has 0 heterocycles. The predicted octanol–water partition coefficient (Wildman–Crippen LogP) is 2.65. The number of carbonyl (C=O) groups excluding carboxylic acids is 1. The molecule has 8 heteroatoms. The highest BCUT2D eigenvalue weighted by Crippen LogP contribution is 2.26. The number of rotatable bonds is 2. The van der Waals surface area contributed by atoms with Gasteiger partial charge in [0.15, 0.2) is 0 Å². The minimum Gasteiger partial charge on any atom is -0.465 e. The van der Waals surface area contributed by atoms with Crippen molar-refractivity contribution >= 4 is 5.97 Å². The molecule has 1 aromatic carbocycles. The van der Waals surface area contributed by atoms with Crippen LogP contribution in [0.3, 0.4) is 0 Å². The van der Waals surface area contributed by atoms with Crippen LogP contribution in [0.15, 0.2) is 12.1 Å². The molecule has 0 atom stereocenters. The first-order valence-corrected chi connectivity index (χ1v) is 4.07. The molecule has 0 aliphatic rings. The van der Waals surface area contributed by atoms with Crippen molar-refractivity contribution in [3.8, 4) is 5.75 Å². The quantitative estimate of drug-likeness (QED) is 0.602. The Morgan fingerprint density at radius 2 is 1.65 bits per heavy atom. The average Bonchev–Trinajstić information content (AvgIpc) is 2.13. The Labute approximate surface area is 91.7 Å². The summed E-state index contributed by atoms with van der Waals surface area (Å²) in [7, 11) is 0.876. The molecule has 1 aromatic rings. The van der Waals surface area contributed by atoms with E-state index in [4.69, 9.17) is 0 Å². The van der Waals surface area contributed by atoms with E-state index in [0.29, 0.717) is 0 Å². The van der Waals surface area contributed by atoms with E-state index in [1.807, 2.05) is 0 Å². The molecule has 0 fully saturated rings. The summed E-state index contributed by atoms with van der Waals surface area (Å²) in [6.07, 6.45) is -5.08. The lowest BCUT2D eigenvalue weighted by Crippen LogP contribution is -2.18. The fourth-order valence-electron chi connectivity index (χ4n) is 1.04. The molecule has 0 radical (unpaired) electrons. The van der Waals surface area contributed by atoms with E-state index in [0.717, 1.165) is 7.11 Å². The van der Waals surface area contributed by atoms with Crippen molar-refractivity contribution in [3.63, 3.8) is 0 Å². The summed E-state index contributed by atoms with van der Waals surface area (Å²) < 4.78 is 68.9. The Balaban J connectivity index is 3.14. The summed E-state index contributed by atoms with van der Waals surface area (Å²) in [6, 6.07) is 0.478. The number of esters is 1. The van der Waals surface area contributed by atoms with Crippen LogP contribution in [0, 0.1) is 11.6 Å². The van der Waals surface area contributed by atoms with Gasteiger partial charge in [0.25, 0.3) is 0 Å². The Morgan fingerprint density at radius 1 is 1.18 bits per heavy atom. The second kappa shape index (κ2) is 4.56. The van der Waals surface area contributed by atoms with Crippen LogP contribution >= 0.6 is 0 Å².